The highest BCUT2D eigenvalue weighted by atomic mass is 35.5. The minimum Gasteiger partial charge on any atom is -0.465 e. The van der Waals surface area contributed by atoms with Gasteiger partial charge in [0.1, 0.15) is 5.92 Å². The number of carbonyl (C=O) groups is 2. The van der Waals surface area contributed by atoms with E-state index in [4.69, 9.17) is 21.3 Å². The fourth-order valence-electron chi connectivity index (χ4n) is 4.43. The summed E-state index contributed by atoms with van der Waals surface area (Å²) in [6.07, 6.45) is 4.07. The van der Waals surface area contributed by atoms with Gasteiger partial charge in [0.25, 0.3) is 0 Å². The molecule has 1 aromatic carbocycles. The lowest BCUT2D eigenvalue weighted by Gasteiger charge is -2.39. The van der Waals surface area contributed by atoms with E-state index in [0.29, 0.717) is 35.8 Å². The maximum Gasteiger partial charge on any atom is 0.315 e. The van der Waals surface area contributed by atoms with E-state index in [1.807, 2.05) is 25.1 Å². The number of benzene rings is 1. The fourth-order valence-corrected chi connectivity index (χ4v) is 4.68. The normalized spacial score (nSPS) is 23.5. The number of ether oxygens (including phenoxy) is 1. The molecule has 2 aliphatic rings. The molecule has 0 saturated heterocycles. The monoisotopic (exact) mass is 415 g/mol. The van der Waals surface area contributed by atoms with E-state index < -0.39 is 11.8 Å². The van der Waals surface area contributed by atoms with E-state index in [0.717, 1.165) is 30.5 Å². The molecular weight excluding hydrogens is 386 g/mol. The molecule has 0 fully saturated rings. The molecule has 0 aromatic heterocycles. The molecule has 156 valence electrons. The van der Waals surface area contributed by atoms with Crippen molar-refractivity contribution in [2.75, 3.05) is 6.61 Å². The largest absolute Gasteiger partial charge is 0.465 e. The standard InChI is InChI=1S/C24H30ClNO3/c1-5-6-9-12-29-23(28)20-15(2)26-18-13-24(3,4)14-19(27)22(18)21(20)16-10-7-8-11-17(16)25/h7-8,10-11,20-21H,5-6,9,12-14H2,1-4H3/t20?,21-/m1/s1. The van der Waals surface area contributed by atoms with Crippen molar-refractivity contribution in [3.8, 4) is 0 Å². The second-order valence-corrected chi connectivity index (χ2v) is 9.31. The van der Waals surface area contributed by atoms with Gasteiger partial charge in [-0.1, -0.05) is 63.4 Å². The van der Waals surface area contributed by atoms with Gasteiger partial charge in [0.05, 0.1) is 6.61 Å². The summed E-state index contributed by atoms with van der Waals surface area (Å²) in [7, 11) is 0. The number of unbranched alkanes of at least 4 members (excludes halogenated alkanes) is 2. The summed E-state index contributed by atoms with van der Waals surface area (Å²) in [5, 5.41) is 0.556. The summed E-state index contributed by atoms with van der Waals surface area (Å²) in [4.78, 5) is 31.0. The lowest BCUT2D eigenvalue weighted by Crippen LogP contribution is -2.39. The molecule has 1 aliphatic heterocycles. The van der Waals surface area contributed by atoms with E-state index in [2.05, 4.69) is 20.8 Å². The number of nitrogens with zero attached hydrogens (tertiary/aromatic N) is 1. The van der Waals surface area contributed by atoms with Gasteiger partial charge in [0.2, 0.25) is 0 Å². The van der Waals surface area contributed by atoms with Gasteiger partial charge < -0.3 is 4.74 Å². The Balaban J connectivity index is 2.04. The van der Waals surface area contributed by atoms with Crippen LogP contribution in [0, 0.1) is 11.3 Å². The van der Waals surface area contributed by atoms with Crippen molar-refractivity contribution in [2.45, 2.75) is 65.7 Å². The number of Topliss-reactive ketones (excluding diaryl/α,β-unsaturated/α-hetero) is 1. The summed E-state index contributed by atoms with van der Waals surface area (Å²) in [5.41, 5.74) is 2.78. The average Bonchev–Trinajstić information content (AvgIpc) is 2.63. The second-order valence-electron chi connectivity index (χ2n) is 8.91. The van der Waals surface area contributed by atoms with Crippen LogP contribution in [0.2, 0.25) is 5.02 Å². The SMILES string of the molecule is CCCCCOC(=O)C1C(C)=NC2=C(C(=O)CC(C)(C)C2)[C@@H]1c1ccccc1Cl. The molecule has 4 nitrogen and oxygen atoms in total. The quantitative estimate of drug-likeness (QED) is 0.430. The van der Waals surface area contributed by atoms with Crippen LogP contribution >= 0.6 is 11.6 Å². The minimum atomic E-state index is -0.625. The molecule has 5 heteroatoms. The Labute approximate surface area is 178 Å². The number of ketones is 1. The van der Waals surface area contributed by atoms with Gasteiger partial charge in [-0.05, 0) is 36.8 Å². The molecule has 0 N–H and O–H groups in total. The molecule has 29 heavy (non-hydrogen) atoms. The molecule has 1 heterocycles. The van der Waals surface area contributed by atoms with E-state index >= 15 is 0 Å². The smallest absolute Gasteiger partial charge is 0.315 e. The third kappa shape index (κ3) is 4.63. The number of hydrogen-bond donors (Lipinski definition) is 0. The predicted molar refractivity (Wildman–Crippen MR) is 116 cm³/mol. The number of halogens is 1. The van der Waals surface area contributed by atoms with Crippen molar-refractivity contribution in [2.24, 2.45) is 16.3 Å². The molecule has 0 spiro atoms. The zero-order chi connectivity index (χ0) is 21.2. The van der Waals surface area contributed by atoms with Crippen molar-refractivity contribution in [3.05, 3.63) is 46.1 Å². The highest BCUT2D eigenvalue weighted by molar-refractivity contribution is 6.31. The van der Waals surface area contributed by atoms with Gasteiger partial charge in [0.15, 0.2) is 5.78 Å². The number of esters is 1. The third-order valence-electron chi connectivity index (χ3n) is 5.79. The van der Waals surface area contributed by atoms with E-state index in [1.54, 1.807) is 6.07 Å². The maximum absolute atomic E-state index is 13.2. The highest BCUT2D eigenvalue weighted by Crippen LogP contribution is 2.49. The van der Waals surface area contributed by atoms with E-state index in [-0.39, 0.29) is 17.2 Å². The summed E-state index contributed by atoms with van der Waals surface area (Å²) >= 11 is 6.53. The predicted octanol–water partition coefficient (Wildman–Crippen LogP) is 5.89. The average molecular weight is 416 g/mol. The van der Waals surface area contributed by atoms with Crippen molar-refractivity contribution < 1.29 is 14.3 Å². The Morgan fingerprint density at radius 1 is 1.24 bits per heavy atom. The van der Waals surface area contributed by atoms with Crippen LogP contribution in [0.3, 0.4) is 0 Å². The Hall–Kier alpha value is -1.94. The van der Waals surface area contributed by atoms with Crippen LogP contribution in [0.1, 0.15) is 71.3 Å². The van der Waals surface area contributed by atoms with Gasteiger partial charge >= 0.3 is 5.97 Å². The minimum absolute atomic E-state index is 0.0567. The van der Waals surface area contributed by atoms with Crippen molar-refractivity contribution in [3.63, 3.8) is 0 Å². The number of rotatable bonds is 6. The van der Waals surface area contributed by atoms with Crippen molar-refractivity contribution in [1.29, 1.82) is 0 Å². The lowest BCUT2D eigenvalue weighted by molar-refractivity contribution is -0.146. The Morgan fingerprint density at radius 3 is 2.66 bits per heavy atom. The first kappa shape index (κ1) is 21.8. The fraction of sp³-hybridized carbons (Fsp3) is 0.542. The Bertz CT molecular complexity index is 869. The summed E-state index contributed by atoms with van der Waals surface area (Å²) in [5.74, 6) is -1.34. The first-order valence-corrected chi connectivity index (χ1v) is 10.9. The first-order valence-electron chi connectivity index (χ1n) is 10.5. The molecule has 0 radical (unpaired) electrons. The number of hydrogen-bond acceptors (Lipinski definition) is 4. The van der Waals surface area contributed by atoms with Gasteiger partial charge in [0, 0.05) is 34.3 Å². The molecular formula is C24H30ClNO3. The third-order valence-corrected chi connectivity index (χ3v) is 6.13. The van der Waals surface area contributed by atoms with Gasteiger partial charge in [-0.2, -0.15) is 0 Å². The molecule has 3 rings (SSSR count). The maximum atomic E-state index is 13.2. The van der Waals surface area contributed by atoms with Gasteiger partial charge in [-0.3, -0.25) is 14.6 Å². The topological polar surface area (TPSA) is 55.7 Å². The van der Waals surface area contributed by atoms with Gasteiger partial charge in [-0.25, -0.2) is 0 Å². The summed E-state index contributed by atoms with van der Waals surface area (Å²) < 4.78 is 5.60. The molecule has 1 aromatic rings. The van der Waals surface area contributed by atoms with Crippen molar-refractivity contribution >= 4 is 29.1 Å². The van der Waals surface area contributed by atoms with Crippen LogP contribution < -0.4 is 0 Å². The Kier molecular flexibility index (Phi) is 6.62. The number of aliphatic imine (C=N–C) groups is 1. The highest BCUT2D eigenvalue weighted by Gasteiger charge is 2.46. The van der Waals surface area contributed by atoms with Crippen LogP contribution in [0.15, 0.2) is 40.5 Å². The lowest BCUT2D eigenvalue weighted by atomic mass is 9.67. The molecule has 0 amide bonds. The van der Waals surface area contributed by atoms with E-state index in [9.17, 15) is 9.59 Å². The van der Waals surface area contributed by atoms with Crippen LogP contribution in [0.4, 0.5) is 0 Å². The van der Waals surface area contributed by atoms with Gasteiger partial charge in [-0.15, -0.1) is 0 Å². The second kappa shape index (κ2) is 8.83. The van der Waals surface area contributed by atoms with Crippen molar-refractivity contribution in [1.82, 2.24) is 0 Å². The Morgan fingerprint density at radius 2 is 1.97 bits per heavy atom. The number of allylic oxidation sites excluding steroid dienone is 2. The van der Waals surface area contributed by atoms with Crippen LogP contribution in [-0.2, 0) is 14.3 Å². The molecule has 1 aliphatic carbocycles. The molecule has 0 saturated carbocycles. The van der Waals surface area contributed by atoms with Crippen LogP contribution in [0.25, 0.3) is 0 Å². The summed E-state index contributed by atoms with van der Waals surface area (Å²) in [6, 6.07) is 7.46. The van der Waals surface area contributed by atoms with Crippen LogP contribution in [0.5, 0.6) is 0 Å². The number of carbonyl (C=O) groups excluding carboxylic acids is 2. The first-order chi connectivity index (χ1) is 13.7. The zero-order valence-corrected chi connectivity index (χ0v) is 18.5. The summed E-state index contributed by atoms with van der Waals surface area (Å²) in [6.45, 7) is 8.52. The van der Waals surface area contributed by atoms with E-state index in [1.165, 1.54) is 0 Å². The van der Waals surface area contributed by atoms with Crippen LogP contribution in [-0.4, -0.2) is 24.1 Å². The molecule has 0 bridgehead atoms. The zero-order valence-electron chi connectivity index (χ0n) is 17.8. The molecule has 1 unspecified atom stereocenters. The molecule has 2 atom stereocenters.